The maximum atomic E-state index is 12.3. The Balaban J connectivity index is 2.12. The van der Waals surface area contributed by atoms with Crippen molar-refractivity contribution in [2.45, 2.75) is 24.3 Å². The standard InChI is InChI=1S/C13H15BrN2O2S2/c1-9(7-10-3-2-6-19-10)16-20(17,18)11-4-5-12(14)13(15)8-11/h2-6,8-9,16H,7,15H2,1H3. The predicted octanol–water partition coefficient (Wildman–Crippen LogP) is 3.00. The first-order valence-corrected chi connectivity index (χ1v) is 9.14. The minimum atomic E-state index is -3.55. The number of sulfonamides is 1. The van der Waals surface area contributed by atoms with Crippen LogP contribution in [0.4, 0.5) is 5.69 Å². The van der Waals surface area contributed by atoms with Crippen LogP contribution in [0.15, 0.2) is 45.1 Å². The lowest BCUT2D eigenvalue weighted by atomic mass is 10.2. The van der Waals surface area contributed by atoms with Gasteiger partial charge in [0.25, 0.3) is 0 Å². The second kappa shape index (κ2) is 6.26. The van der Waals surface area contributed by atoms with E-state index in [0.29, 0.717) is 16.6 Å². The number of benzene rings is 1. The van der Waals surface area contributed by atoms with Crippen molar-refractivity contribution in [2.24, 2.45) is 0 Å². The molecule has 3 N–H and O–H groups in total. The Hall–Kier alpha value is -0.890. The van der Waals surface area contributed by atoms with Gasteiger partial charge < -0.3 is 5.73 Å². The number of anilines is 1. The molecular formula is C13H15BrN2O2S2. The van der Waals surface area contributed by atoms with Gasteiger partial charge in [-0.3, -0.25) is 0 Å². The second-order valence-corrected chi connectivity index (χ2v) is 8.09. The Bertz CT molecular complexity index is 684. The quantitative estimate of drug-likeness (QED) is 0.790. The molecule has 0 spiro atoms. The van der Waals surface area contributed by atoms with Gasteiger partial charge in [-0.25, -0.2) is 13.1 Å². The highest BCUT2D eigenvalue weighted by Crippen LogP contribution is 2.23. The van der Waals surface area contributed by atoms with Gasteiger partial charge in [0.1, 0.15) is 0 Å². The first kappa shape index (κ1) is 15.5. The van der Waals surface area contributed by atoms with Crippen molar-refractivity contribution >= 4 is 43.0 Å². The van der Waals surface area contributed by atoms with Crippen LogP contribution in [-0.2, 0) is 16.4 Å². The Morgan fingerprint density at radius 2 is 2.15 bits per heavy atom. The SMILES string of the molecule is CC(Cc1cccs1)NS(=O)(=O)c1ccc(Br)c(N)c1. The van der Waals surface area contributed by atoms with Crippen molar-refractivity contribution < 1.29 is 8.42 Å². The monoisotopic (exact) mass is 374 g/mol. The average Bonchev–Trinajstić information content (AvgIpc) is 2.84. The molecule has 1 atom stereocenters. The van der Waals surface area contributed by atoms with E-state index in [4.69, 9.17) is 5.73 Å². The molecule has 0 saturated heterocycles. The number of nitrogen functional groups attached to an aromatic ring is 1. The number of halogens is 1. The molecule has 1 aromatic carbocycles. The summed E-state index contributed by atoms with van der Waals surface area (Å²) < 4.78 is 27.9. The Morgan fingerprint density at radius 1 is 1.40 bits per heavy atom. The van der Waals surface area contributed by atoms with Crippen LogP contribution < -0.4 is 10.5 Å². The molecule has 1 unspecified atom stereocenters. The molecule has 2 rings (SSSR count). The molecule has 4 nitrogen and oxygen atoms in total. The van der Waals surface area contributed by atoms with Gasteiger partial charge in [-0.05, 0) is 58.9 Å². The highest BCUT2D eigenvalue weighted by molar-refractivity contribution is 9.10. The van der Waals surface area contributed by atoms with Gasteiger partial charge in [0.05, 0.1) is 4.90 Å². The minimum absolute atomic E-state index is 0.177. The first-order valence-electron chi connectivity index (χ1n) is 5.98. The van der Waals surface area contributed by atoms with Crippen molar-refractivity contribution in [1.29, 1.82) is 0 Å². The van der Waals surface area contributed by atoms with Crippen LogP contribution >= 0.6 is 27.3 Å². The van der Waals surface area contributed by atoms with E-state index in [1.54, 1.807) is 17.4 Å². The van der Waals surface area contributed by atoms with Crippen LogP contribution in [0.5, 0.6) is 0 Å². The predicted molar refractivity (Wildman–Crippen MR) is 86.4 cm³/mol. The first-order chi connectivity index (χ1) is 9.38. The number of nitrogens with two attached hydrogens (primary N) is 1. The summed E-state index contributed by atoms with van der Waals surface area (Å²) >= 11 is 4.86. The molecule has 0 aliphatic carbocycles. The molecule has 2 aromatic rings. The van der Waals surface area contributed by atoms with Crippen molar-refractivity contribution in [3.05, 3.63) is 45.1 Å². The number of thiophene rings is 1. The molecule has 1 heterocycles. The van der Waals surface area contributed by atoms with E-state index < -0.39 is 10.0 Å². The molecule has 0 aliphatic heterocycles. The summed E-state index contributed by atoms with van der Waals surface area (Å²) in [5, 5.41) is 1.98. The largest absolute Gasteiger partial charge is 0.398 e. The van der Waals surface area contributed by atoms with Gasteiger partial charge in [-0.1, -0.05) is 6.07 Å². The van der Waals surface area contributed by atoms with Gasteiger partial charge in [-0.2, -0.15) is 0 Å². The highest BCUT2D eigenvalue weighted by Gasteiger charge is 2.18. The molecule has 0 fully saturated rings. The summed E-state index contributed by atoms with van der Waals surface area (Å²) in [6.07, 6.45) is 0.670. The molecule has 0 aliphatic rings. The van der Waals surface area contributed by atoms with Crippen molar-refractivity contribution in [2.75, 3.05) is 5.73 Å². The number of hydrogen-bond acceptors (Lipinski definition) is 4. The minimum Gasteiger partial charge on any atom is -0.398 e. The third-order valence-corrected chi connectivity index (χ3v) is 5.93. The normalized spacial score (nSPS) is 13.3. The average molecular weight is 375 g/mol. The third-order valence-electron chi connectivity index (χ3n) is 2.72. The zero-order chi connectivity index (χ0) is 14.8. The highest BCUT2D eigenvalue weighted by atomic mass is 79.9. The van der Waals surface area contributed by atoms with Gasteiger partial charge in [-0.15, -0.1) is 11.3 Å². The van der Waals surface area contributed by atoms with E-state index in [1.807, 2.05) is 24.4 Å². The summed E-state index contributed by atoms with van der Waals surface area (Å²) in [4.78, 5) is 1.33. The van der Waals surface area contributed by atoms with E-state index in [9.17, 15) is 8.42 Å². The Kier molecular flexibility index (Phi) is 4.85. The molecule has 0 amide bonds. The van der Waals surface area contributed by atoms with Crippen LogP contribution in [-0.4, -0.2) is 14.5 Å². The fourth-order valence-corrected chi connectivity index (χ4v) is 4.15. The van der Waals surface area contributed by atoms with Crippen molar-refractivity contribution in [3.63, 3.8) is 0 Å². The zero-order valence-corrected chi connectivity index (χ0v) is 14.1. The van der Waals surface area contributed by atoms with E-state index in [-0.39, 0.29) is 10.9 Å². The Labute approximate surface area is 131 Å². The summed E-state index contributed by atoms with van der Waals surface area (Å²) in [6, 6.07) is 8.38. The van der Waals surface area contributed by atoms with Crippen molar-refractivity contribution in [1.82, 2.24) is 4.72 Å². The molecule has 0 bridgehead atoms. The summed E-state index contributed by atoms with van der Waals surface area (Å²) in [7, 11) is -3.55. The summed E-state index contributed by atoms with van der Waals surface area (Å²) in [6.45, 7) is 1.85. The van der Waals surface area contributed by atoms with Crippen molar-refractivity contribution in [3.8, 4) is 0 Å². The number of hydrogen-bond donors (Lipinski definition) is 2. The Morgan fingerprint density at radius 3 is 2.75 bits per heavy atom. The summed E-state index contributed by atoms with van der Waals surface area (Å²) in [5.41, 5.74) is 6.12. The number of rotatable bonds is 5. The van der Waals surface area contributed by atoms with Gasteiger partial charge >= 0.3 is 0 Å². The van der Waals surface area contributed by atoms with E-state index in [1.165, 1.54) is 12.1 Å². The molecule has 0 radical (unpaired) electrons. The lowest BCUT2D eigenvalue weighted by molar-refractivity contribution is 0.561. The van der Waals surface area contributed by atoms with Gasteiger partial charge in [0.2, 0.25) is 10.0 Å². The lowest BCUT2D eigenvalue weighted by Crippen LogP contribution is -2.33. The maximum Gasteiger partial charge on any atom is 0.240 e. The molecular weight excluding hydrogens is 360 g/mol. The molecule has 7 heteroatoms. The smallest absolute Gasteiger partial charge is 0.240 e. The third kappa shape index (κ3) is 3.82. The van der Waals surface area contributed by atoms with E-state index in [0.717, 1.165) is 4.88 Å². The van der Waals surface area contributed by atoms with Crippen LogP contribution in [0.2, 0.25) is 0 Å². The van der Waals surface area contributed by atoms with E-state index >= 15 is 0 Å². The molecule has 1 aromatic heterocycles. The number of nitrogens with one attached hydrogen (secondary N) is 1. The van der Waals surface area contributed by atoms with Gasteiger partial charge in [0.15, 0.2) is 0 Å². The molecule has 0 saturated carbocycles. The maximum absolute atomic E-state index is 12.3. The van der Waals surface area contributed by atoms with E-state index in [2.05, 4.69) is 20.7 Å². The molecule has 20 heavy (non-hydrogen) atoms. The van der Waals surface area contributed by atoms with Crippen LogP contribution in [0.1, 0.15) is 11.8 Å². The molecule has 108 valence electrons. The second-order valence-electron chi connectivity index (χ2n) is 4.49. The van der Waals surface area contributed by atoms with Crippen LogP contribution in [0.3, 0.4) is 0 Å². The van der Waals surface area contributed by atoms with Crippen LogP contribution in [0.25, 0.3) is 0 Å². The lowest BCUT2D eigenvalue weighted by Gasteiger charge is -2.14. The van der Waals surface area contributed by atoms with Crippen LogP contribution in [0, 0.1) is 0 Å². The summed E-state index contributed by atoms with van der Waals surface area (Å²) in [5.74, 6) is 0. The zero-order valence-electron chi connectivity index (χ0n) is 10.8. The fourth-order valence-electron chi connectivity index (χ4n) is 1.79. The topological polar surface area (TPSA) is 72.2 Å². The fraction of sp³-hybridized carbons (Fsp3) is 0.231. The van der Waals surface area contributed by atoms with Gasteiger partial charge in [0, 0.05) is 21.1 Å².